The van der Waals surface area contributed by atoms with E-state index in [1.165, 1.54) is 5.57 Å². The second-order valence-electron chi connectivity index (χ2n) is 2.35. The lowest BCUT2D eigenvalue weighted by molar-refractivity contribution is 0.875. The molecule has 0 spiro atoms. The monoisotopic (exact) mass is 155 g/mol. The Morgan fingerprint density at radius 1 is 1.45 bits per heavy atom. The maximum Gasteiger partial charge on any atom is 0.0280 e. The molecule has 11 heavy (non-hydrogen) atoms. The van der Waals surface area contributed by atoms with Crippen molar-refractivity contribution >= 4 is 6.21 Å². The zero-order valence-corrected chi connectivity index (χ0v) is 7.52. The van der Waals surface area contributed by atoms with Crippen LogP contribution in [0.5, 0.6) is 0 Å². The van der Waals surface area contributed by atoms with Gasteiger partial charge in [0, 0.05) is 26.2 Å². The van der Waals surface area contributed by atoms with E-state index in [0.29, 0.717) is 0 Å². The maximum atomic E-state index is 3.86. The fourth-order valence-corrected chi connectivity index (χ4v) is 0.749. The van der Waals surface area contributed by atoms with Gasteiger partial charge in [-0.05, 0) is 14.0 Å². The smallest absolute Gasteiger partial charge is 0.0280 e. The summed E-state index contributed by atoms with van der Waals surface area (Å²) < 4.78 is 0. The summed E-state index contributed by atoms with van der Waals surface area (Å²) in [6, 6.07) is 0. The highest BCUT2D eigenvalue weighted by molar-refractivity contribution is 5.59. The summed E-state index contributed by atoms with van der Waals surface area (Å²) >= 11 is 0. The fourth-order valence-electron chi connectivity index (χ4n) is 0.749. The molecule has 0 aliphatic heterocycles. The van der Waals surface area contributed by atoms with E-state index in [1.807, 2.05) is 13.3 Å². The summed E-state index contributed by atoms with van der Waals surface area (Å²) in [5.74, 6) is 0. The molecule has 0 aromatic heterocycles. The first-order valence-corrected chi connectivity index (χ1v) is 3.79. The topological polar surface area (TPSA) is 36.4 Å². The van der Waals surface area contributed by atoms with Crippen molar-refractivity contribution in [3.05, 3.63) is 11.6 Å². The number of likely N-dealkylation sites (N-methyl/N-ethyl adjacent to an activating group) is 1. The highest BCUT2D eigenvalue weighted by atomic mass is 15.3. The predicted molar refractivity (Wildman–Crippen MR) is 49.9 cm³/mol. The average Bonchev–Trinajstić information content (AvgIpc) is 1.99. The van der Waals surface area contributed by atoms with Crippen LogP contribution in [-0.4, -0.2) is 26.9 Å². The van der Waals surface area contributed by atoms with Gasteiger partial charge >= 0.3 is 0 Å². The SMILES string of the molecule is CNC/C(C)=C\C/C=N/NC. The Kier molecular flexibility index (Phi) is 6.73. The molecule has 64 valence electrons. The van der Waals surface area contributed by atoms with Crippen molar-refractivity contribution in [3.8, 4) is 0 Å². The first kappa shape index (κ1) is 10.2. The minimum absolute atomic E-state index is 0.897. The molecule has 0 aromatic rings. The van der Waals surface area contributed by atoms with Crippen LogP contribution >= 0.6 is 0 Å². The molecule has 0 amide bonds. The van der Waals surface area contributed by atoms with Gasteiger partial charge in [-0.2, -0.15) is 5.10 Å². The molecule has 0 heterocycles. The van der Waals surface area contributed by atoms with Crippen molar-refractivity contribution < 1.29 is 0 Å². The summed E-state index contributed by atoms with van der Waals surface area (Å²) in [5, 5.41) is 6.94. The van der Waals surface area contributed by atoms with E-state index >= 15 is 0 Å². The molecule has 2 N–H and O–H groups in total. The molecular weight excluding hydrogens is 138 g/mol. The number of hydrogen-bond acceptors (Lipinski definition) is 3. The van der Waals surface area contributed by atoms with Gasteiger partial charge in [-0.15, -0.1) is 0 Å². The van der Waals surface area contributed by atoms with Gasteiger partial charge in [0.25, 0.3) is 0 Å². The van der Waals surface area contributed by atoms with E-state index in [-0.39, 0.29) is 0 Å². The Labute approximate surface area is 68.6 Å². The van der Waals surface area contributed by atoms with Crippen LogP contribution in [-0.2, 0) is 0 Å². The van der Waals surface area contributed by atoms with Crippen LogP contribution in [0.1, 0.15) is 13.3 Å². The van der Waals surface area contributed by atoms with Crippen LogP contribution in [0.2, 0.25) is 0 Å². The van der Waals surface area contributed by atoms with Gasteiger partial charge in [-0.3, -0.25) is 0 Å². The zero-order valence-electron chi connectivity index (χ0n) is 7.52. The lowest BCUT2D eigenvalue weighted by Crippen LogP contribution is -2.08. The van der Waals surface area contributed by atoms with Crippen LogP contribution in [0.25, 0.3) is 0 Å². The predicted octanol–water partition coefficient (Wildman–Crippen LogP) is 0.747. The van der Waals surface area contributed by atoms with E-state index in [0.717, 1.165) is 13.0 Å². The second kappa shape index (κ2) is 7.28. The summed E-state index contributed by atoms with van der Waals surface area (Å²) in [6.07, 6.45) is 4.89. The van der Waals surface area contributed by atoms with E-state index in [9.17, 15) is 0 Å². The number of hydrazone groups is 1. The number of nitrogens with zero attached hydrogens (tertiary/aromatic N) is 1. The van der Waals surface area contributed by atoms with Crippen molar-refractivity contribution in [2.45, 2.75) is 13.3 Å². The van der Waals surface area contributed by atoms with Crippen LogP contribution in [0, 0.1) is 0 Å². The van der Waals surface area contributed by atoms with Crippen LogP contribution in [0.4, 0.5) is 0 Å². The summed E-state index contributed by atoms with van der Waals surface area (Å²) in [5.41, 5.74) is 4.04. The number of allylic oxidation sites excluding steroid dienone is 1. The largest absolute Gasteiger partial charge is 0.316 e. The van der Waals surface area contributed by atoms with Crippen molar-refractivity contribution in [3.63, 3.8) is 0 Å². The molecule has 3 nitrogen and oxygen atoms in total. The van der Waals surface area contributed by atoms with Gasteiger partial charge in [0.05, 0.1) is 0 Å². The van der Waals surface area contributed by atoms with Gasteiger partial charge < -0.3 is 10.7 Å². The molecule has 0 aromatic carbocycles. The highest BCUT2D eigenvalue weighted by Gasteiger charge is 1.83. The van der Waals surface area contributed by atoms with Crippen LogP contribution in [0.15, 0.2) is 16.8 Å². The third-order valence-electron chi connectivity index (χ3n) is 1.25. The van der Waals surface area contributed by atoms with Gasteiger partial charge in [0.2, 0.25) is 0 Å². The fraction of sp³-hybridized carbons (Fsp3) is 0.625. The van der Waals surface area contributed by atoms with E-state index in [4.69, 9.17) is 0 Å². The number of rotatable bonds is 5. The Balaban J connectivity index is 3.47. The normalized spacial score (nSPS) is 12.5. The molecular formula is C8H17N3. The molecule has 0 aliphatic rings. The van der Waals surface area contributed by atoms with Crippen LogP contribution in [0.3, 0.4) is 0 Å². The highest BCUT2D eigenvalue weighted by Crippen LogP contribution is 1.90. The molecule has 0 fully saturated rings. The minimum Gasteiger partial charge on any atom is -0.316 e. The zero-order chi connectivity index (χ0) is 8.53. The Bertz CT molecular complexity index is 138. The van der Waals surface area contributed by atoms with Gasteiger partial charge in [0.15, 0.2) is 0 Å². The molecule has 0 unspecified atom stereocenters. The Morgan fingerprint density at radius 3 is 2.73 bits per heavy atom. The molecule has 0 atom stereocenters. The first-order valence-electron chi connectivity index (χ1n) is 3.79. The maximum absolute atomic E-state index is 3.86. The van der Waals surface area contributed by atoms with Gasteiger partial charge in [-0.25, -0.2) is 0 Å². The molecule has 0 rings (SSSR count). The number of hydrogen-bond donors (Lipinski definition) is 2. The lowest BCUT2D eigenvalue weighted by atomic mass is 10.2. The standard InChI is InChI=1S/C8H17N3/c1-8(7-9-2)5-4-6-11-10-3/h5-6,9-10H,4,7H2,1-3H3/b8-5-,11-6+. The average molecular weight is 155 g/mol. The molecule has 3 heteroatoms. The summed E-state index contributed by atoms with van der Waals surface area (Å²) in [4.78, 5) is 0. The van der Waals surface area contributed by atoms with Gasteiger partial charge in [-0.1, -0.05) is 11.6 Å². The summed E-state index contributed by atoms with van der Waals surface area (Å²) in [7, 11) is 3.74. The molecule has 0 bridgehead atoms. The third-order valence-corrected chi connectivity index (χ3v) is 1.25. The molecule has 0 aliphatic carbocycles. The second-order valence-corrected chi connectivity index (χ2v) is 2.35. The van der Waals surface area contributed by atoms with E-state index in [2.05, 4.69) is 28.8 Å². The Hall–Kier alpha value is -0.830. The lowest BCUT2D eigenvalue weighted by Gasteiger charge is -1.96. The molecule has 0 saturated heterocycles. The van der Waals surface area contributed by atoms with E-state index < -0.39 is 0 Å². The third kappa shape index (κ3) is 7.06. The number of nitrogens with one attached hydrogen (secondary N) is 2. The van der Waals surface area contributed by atoms with Crippen molar-refractivity contribution in [1.82, 2.24) is 10.7 Å². The first-order chi connectivity index (χ1) is 5.31. The molecule has 0 radical (unpaired) electrons. The van der Waals surface area contributed by atoms with Gasteiger partial charge in [0.1, 0.15) is 0 Å². The quantitative estimate of drug-likeness (QED) is 0.349. The Morgan fingerprint density at radius 2 is 2.18 bits per heavy atom. The summed E-state index contributed by atoms with van der Waals surface area (Å²) in [6.45, 7) is 3.05. The van der Waals surface area contributed by atoms with Crippen LogP contribution < -0.4 is 10.7 Å². The van der Waals surface area contributed by atoms with E-state index in [1.54, 1.807) is 7.05 Å². The van der Waals surface area contributed by atoms with Crippen molar-refractivity contribution in [2.24, 2.45) is 5.10 Å². The molecule has 0 saturated carbocycles. The van der Waals surface area contributed by atoms with Crippen molar-refractivity contribution in [1.29, 1.82) is 0 Å². The van der Waals surface area contributed by atoms with Crippen molar-refractivity contribution in [2.75, 3.05) is 20.6 Å². The minimum atomic E-state index is 0.897.